The average Bonchev–Trinajstić information content (AvgIpc) is 3.48. The van der Waals surface area contributed by atoms with Gasteiger partial charge in [-0.05, 0) is 74.7 Å². The first-order chi connectivity index (χ1) is 18.2. The molecule has 2 aliphatic rings. The molecule has 4 amide bonds. The number of thiophene rings is 2. The summed E-state index contributed by atoms with van der Waals surface area (Å²) in [5.41, 5.74) is 1.32. The molecule has 3 aromatic heterocycles. The lowest BCUT2D eigenvalue weighted by molar-refractivity contribution is 0.0185. The van der Waals surface area contributed by atoms with E-state index in [9.17, 15) is 14.4 Å². The molecule has 0 unspecified atom stereocenters. The number of hydrogen-bond acceptors (Lipinski definition) is 7. The van der Waals surface area contributed by atoms with E-state index in [2.05, 4.69) is 15.6 Å². The fraction of sp³-hybridized carbons (Fsp3) is 0.333. The largest absolute Gasteiger partial charge is 0.444 e. The number of pyridine rings is 1. The predicted molar refractivity (Wildman–Crippen MR) is 151 cm³/mol. The summed E-state index contributed by atoms with van der Waals surface area (Å²) in [4.78, 5) is 48.2. The molecule has 1 atom stereocenters. The predicted octanol–water partition coefficient (Wildman–Crippen LogP) is 6.32. The van der Waals surface area contributed by atoms with Crippen molar-refractivity contribution in [1.29, 1.82) is 0 Å². The molecule has 2 aliphatic heterocycles. The molecule has 6 rings (SSSR count). The molecule has 1 aromatic carbocycles. The van der Waals surface area contributed by atoms with Crippen LogP contribution < -0.4 is 15.5 Å². The number of fused-ring (bicyclic) bond motifs is 1. The minimum absolute atomic E-state index is 0.221. The number of rotatable bonds is 3. The van der Waals surface area contributed by atoms with Crippen LogP contribution in [0, 0.1) is 0 Å². The van der Waals surface area contributed by atoms with E-state index in [4.69, 9.17) is 4.74 Å². The van der Waals surface area contributed by atoms with Crippen LogP contribution in [0.4, 0.5) is 26.7 Å². The van der Waals surface area contributed by atoms with E-state index in [1.54, 1.807) is 33.4 Å². The number of piperidine rings is 1. The van der Waals surface area contributed by atoms with E-state index in [1.807, 2.05) is 50.4 Å². The molecule has 0 bridgehead atoms. The highest BCUT2D eigenvalue weighted by atomic mass is 32.1. The molecule has 1 fully saturated rings. The van der Waals surface area contributed by atoms with E-state index in [0.29, 0.717) is 34.2 Å². The highest BCUT2D eigenvalue weighted by Gasteiger charge is 2.34. The Labute approximate surface area is 227 Å². The topological polar surface area (TPSA) is 104 Å². The summed E-state index contributed by atoms with van der Waals surface area (Å²) in [6.45, 7) is 6.46. The fourth-order valence-electron chi connectivity index (χ4n) is 4.93. The zero-order valence-corrected chi connectivity index (χ0v) is 22.9. The normalized spacial score (nSPS) is 17.6. The Morgan fingerprint density at radius 1 is 1.21 bits per heavy atom. The number of anilines is 3. The summed E-state index contributed by atoms with van der Waals surface area (Å²) in [7, 11) is 0. The van der Waals surface area contributed by atoms with E-state index in [0.717, 1.165) is 34.0 Å². The summed E-state index contributed by atoms with van der Waals surface area (Å²) >= 11 is 2.90. The molecule has 0 radical (unpaired) electrons. The van der Waals surface area contributed by atoms with Gasteiger partial charge in [0.2, 0.25) is 0 Å². The summed E-state index contributed by atoms with van der Waals surface area (Å²) in [5, 5.41) is 9.85. The van der Waals surface area contributed by atoms with E-state index in [1.165, 1.54) is 11.3 Å². The summed E-state index contributed by atoms with van der Waals surface area (Å²) < 4.78 is 6.65. The Morgan fingerprint density at radius 3 is 2.87 bits per heavy atom. The van der Waals surface area contributed by atoms with Crippen molar-refractivity contribution in [2.24, 2.45) is 0 Å². The maximum Gasteiger partial charge on any atom is 0.410 e. The number of carbonyl (C=O) groups excluding carboxylic acids is 3. The van der Waals surface area contributed by atoms with Crippen LogP contribution in [0.3, 0.4) is 0 Å². The van der Waals surface area contributed by atoms with Crippen molar-refractivity contribution in [3.63, 3.8) is 0 Å². The minimum Gasteiger partial charge on any atom is -0.444 e. The van der Waals surface area contributed by atoms with Crippen molar-refractivity contribution in [1.82, 2.24) is 15.2 Å². The van der Waals surface area contributed by atoms with Gasteiger partial charge in [-0.3, -0.25) is 9.69 Å². The van der Waals surface area contributed by atoms with Crippen LogP contribution in [-0.4, -0.2) is 52.6 Å². The molecular formula is C27H27N5O4S2. The molecule has 9 nitrogen and oxygen atoms in total. The van der Waals surface area contributed by atoms with Crippen molar-refractivity contribution < 1.29 is 19.1 Å². The lowest BCUT2D eigenvalue weighted by Crippen LogP contribution is -2.50. The highest BCUT2D eigenvalue weighted by Crippen LogP contribution is 2.46. The Bertz CT molecular complexity index is 1590. The van der Waals surface area contributed by atoms with Gasteiger partial charge in [-0.25, -0.2) is 14.6 Å². The second-order valence-corrected chi connectivity index (χ2v) is 12.4. The lowest BCUT2D eigenvalue weighted by atomic mass is 10.1. The number of carbonyl (C=O) groups is 3. The van der Waals surface area contributed by atoms with E-state index >= 15 is 0 Å². The quantitative estimate of drug-likeness (QED) is 0.311. The zero-order valence-electron chi connectivity index (χ0n) is 21.2. The van der Waals surface area contributed by atoms with Crippen molar-refractivity contribution in [3.8, 4) is 0 Å². The third-order valence-corrected chi connectivity index (χ3v) is 8.55. The van der Waals surface area contributed by atoms with Gasteiger partial charge >= 0.3 is 12.1 Å². The molecule has 38 heavy (non-hydrogen) atoms. The number of nitrogens with zero attached hydrogens (tertiary/aromatic N) is 3. The maximum atomic E-state index is 13.5. The molecule has 5 heterocycles. The minimum atomic E-state index is -0.584. The van der Waals surface area contributed by atoms with Crippen LogP contribution >= 0.6 is 22.7 Å². The van der Waals surface area contributed by atoms with Crippen LogP contribution in [0.15, 0.2) is 41.9 Å². The SMILES string of the molecule is CC(C)(C)OC(=O)N1CCC[C@@H](NC(=O)c2sc3nccc4c3c2NC(=O)N4c2ccc3sccc3c2)C1. The van der Waals surface area contributed by atoms with Gasteiger partial charge in [0.05, 0.1) is 22.4 Å². The third-order valence-electron chi connectivity index (χ3n) is 6.55. The van der Waals surface area contributed by atoms with Gasteiger partial charge in [0.25, 0.3) is 5.91 Å². The number of amides is 4. The average molecular weight is 550 g/mol. The Morgan fingerprint density at radius 2 is 2.05 bits per heavy atom. The molecule has 0 spiro atoms. The first-order valence-electron chi connectivity index (χ1n) is 12.5. The van der Waals surface area contributed by atoms with Gasteiger partial charge in [0.1, 0.15) is 15.3 Å². The zero-order chi connectivity index (χ0) is 26.6. The fourth-order valence-corrected chi connectivity index (χ4v) is 6.73. The van der Waals surface area contributed by atoms with Crippen LogP contribution in [0.1, 0.15) is 43.3 Å². The second kappa shape index (κ2) is 9.25. The first kappa shape index (κ1) is 24.6. The van der Waals surface area contributed by atoms with Crippen molar-refractivity contribution in [2.75, 3.05) is 23.3 Å². The lowest BCUT2D eigenvalue weighted by Gasteiger charge is -2.34. The third kappa shape index (κ3) is 4.45. The number of urea groups is 1. The van der Waals surface area contributed by atoms with Gasteiger partial charge in [0, 0.05) is 30.0 Å². The molecule has 11 heteroatoms. The summed E-state index contributed by atoms with van der Waals surface area (Å²) in [5.74, 6) is -0.293. The Kier molecular flexibility index (Phi) is 5.99. The highest BCUT2D eigenvalue weighted by molar-refractivity contribution is 7.21. The van der Waals surface area contributed by atoms with Gasteiger partial charge in [0.15, 0.2) is 0 Å². The van der Waals surface area contributed by atoms with Gasteiger partial charge in [-0.1, -0.05) is 0 Å². The van der Waals surface area contributed by atoms with Crippen LogP contribution in [0.25, 0.3) is 20.3 Å². The number of benzene rings is 1. The standard InChI is InChI=1S/C27H27N5O4S2/c1-27(2,3)36-26(35)31-11-4-5-16(14-31)29-23(33)22-21-20-18(8-10-28-24(20)38-22)32(25(34)30-21)17-6-7-19-15(13-17)9-12-37-19/h6-10,12-13,16H,4-5,11,14H2,1-3H3,(H,29,33)(H,30,34)/t16-/m1/s1. The monoisotopic (exact) mass is 549 g/mol. The summed E-state index contributed by atoms with van der Waals surface area (Å²) in [6, 6.07) is 9.20. The molecule has 4 aromatic rings. The van der Waals surface area contributed by atoms with E-state index < -0.39 is 5.60 Å². The molecule has 1 saturated heterocycles. The number of hydrogen-bond donors (Lipinski definition) is 2. The Hall–Kier alpha value is -3.70. The van der Waals surface area contributed by atoms with Crippen molar-refractivity contribution >= 4 is 78.1 Å². The van der Waals surface area contributed by atoms with Crippen molar-refractivity contribution in [2.45, 2.75) is 45.3 Å². The number of aromatic nitrogens is 1. The molecule has 2 N–H and O–H groups in total. The van der Waals surface area contributed by atoms with Crippen molar-refractivity contribution in [3.05, 3.63) is 46.8 Å². The first-order valence-corrected chi connectivity index (χ1v) is 14.2. The van der Waals surface area contributed by atoms with Gasteiger partial charge in [-0.15, -0.1) is 22.7 Å². The molecule has 196 valence electrons. The van der Waals surface area contributed by atoms with Gasteiger partial charge in [-0.2, -0.15) is 0 Å². The maximum absolute atomic E-state index is 13.5. The van der Waals surface area contributed by atoms with E-state index in [-0.39, 0.29) is 24.1 Å². The van der Waals surface area contributed by atoms with Gasteiger partial charge < -0.3 is 20.3 Å². The molecular weight excluding hydrogens is 522 g/mol. The number of likely N-dealkylation sites (tertiary alicyclic amines) is 1. The number of nitrogens with one attached hydrogen (secondary N) is 2. The smallest absolute Gasteiger partial charge is 0.410 e. The Balaban J connectivity index is 1.27. The number of ether oxygens (including phenoxy) is 1. The molecule has 0 saturated carbocycles. The van der Waals surface area contributed by atoms with Crippen LogP contribution in [0.5, 0.6) is 0 Å². The van der Waals surface area contributed by atoms with Crippen LogP contribution in [0.2, 0.25) is 0 Å². The second-order valence-electron chi connectivity index (χ2n) is 10.5. The molecule has 0 aliphatic carbocycles. The summed E-state index contributed by atoms with van der Waals surface area (Å²) in [6.07, 6.45) is 2.79. The van der Waals surface area contributed by atoms with Crippen LogP contribution in [-0.2, 0) is 4.74 Å².